The smallest absolute Gasteiger partial charge is 0.254 e. The first-order valence-corrected chi connectivity index (χ1v) is 12.8. The summed E-state index contributed by atoms with van der Waals surface area (Å²) >= 11 is 0. The van der Waals surface area contributed by atoms with Crippen LogP contribution in [0.3, 0.4) is 0 Å². The zero-order chi connectivity index (χ0) is 25.5. The number of imidazole rings is 1. The van der Waals surface area contributed by atoms with Gasteiger partial charge in [0.25, 0.3) is 5.91 Å². The number of fused-ring (bicyclic) bond motifs is 2. The predicted molar refractivity (Wildman–Crippen MR) is 146 cm³/mol. The minimum absolute atomic E-state index is 0.0439. The van der Waals surface area contributed by atoms with E-state index in [1.807, 2.05) is 59.5 Å². The lowest BCUT2D eigenvalue weighted by molar-refractivity contribution is 0.0782. The molecule has 2 aliphatic rings. The minimum atomic E-state index is 0.0439. The number of aromatic nitrogens is 5. The third-order valence-corrected chi connectivity index (χ3v) is 7.39. The van der Waals surface area contributed by atoms with Gasteiger partial charge in [0.1, 0.15) is 23.1 Å². The second-order valence-electron chi connectivity index (χ2n) is 9.89. The zero-order valence-electron chi connectivity index (χ0n) is 20.7. The van der Waals surface area contributed by atoms with Crippen molar-refractivity contribution in [1.29, 1.82) is 0 Å². The van der Waals surface area contributed by atoms with Gasteiger partial charge in [0.2, 0.25) is 0 Å². The van der Waals surface area contributed by atoms with E-state index in [0.717, 1.165) is 54.5 Å². The largest absolute Gasteiger partial charge is 0.356 e. The number of nitrogens with one attached hydrogen (secondary N) is 2. The van der Waals surface area contributed by atoms with Crippen LogP contribution in [0.2, 0.25) is 0 Å². The first-order chi connectivity index (χ1) is 18.7. The number of rotatable bonds is 5. The molecule has 1 aromatic carbocycles. The lowest BCUT2D eigenvalue weighted by Crippen LogP contribution is -2.33. The Balaban J connectivity index is 1.02. The number of likely N-dealkylation sites (tertiary alicyclic amines) is 1. The van der Waals surface area contributed by atoms with E-state index >= 15 is 0 Å². The molecule has 2 unspecified atom stereocenters. The van der Waals surface area contributed by atoms with Crippen molar-refractivity contribution in [1.82, 2.24) is 29.8 Å². The number of anilines is 3. The highest BCUT2D eigenvalue weighted by Crippen LogP contribution is 2.34. The number of pyridine rings is 3. The number of carbonyl (C=O) groups excluding carboxylic acids is 1. The van der Waals surface area contributed by atoms with Gasteiger partial charge in [0, 0.05) is 56.0 Å². The van der Waals surface area contributed by atoms with Crippen LogP contribution in [-0.4, -0.2) is 61.9 Å². The summed E-state index contributed by atoms with van der Waals surface area (Å²) in [7, 11) is 0. The molecule has 188 valence electrons. The van der Waals surface area contributed by atoms with Gasteiger partial charge < -0.3 is 20.1 Å². The Kier molecular flexibility index (Phi) is 5.46. The minimum Gasteiger partial charge on any atom is -0.356 e. The molecule has 2 fully saturated rings. The van der Waals surface area contributed by atoms with E-state index in [1.165, 1.54) is 0 Å². The molecule has 0 bridgehead atoms. The Bertz CT molecular complexity index is 1570. The summed E-state index contributed by atoms with van der Waals surface area (Å²) in [5.41, 5.74) is 3.41. The summed E-state index contributed by atoms with van der Waals surface area (Å²) in [6, 6.07) is 23.3. The van der Waals surface area contributed by atoms with E-state index in [9.17, 15) is 4.79 Å². The van der Waals surface area contributed by atoms with Gasteiger partial charge in [-0.05, 0) is 48.5 Å². The SMILES string of the molecule is O=C(c1ccnc(Nc2ccccn2)c1)N1CC2CN(c3cccc(-c4nc5ccccc5[nH]4)n3)CC2C1. The lowest BCUT2D eigenvalue weighted by Gasteiger charge is -2.23. The Labute approximate surface area is 219 Å². The van der Waals surface area contributed by atoms with E-state index in [1.54, 1.807) is 24.5 Å². The van der Waals surface area contributed by atoms with E-state index in [-0.39, 0.29) is 5.91 Å². The van der Waals surface area contributed by atoms with Gasteiger partial charge in [-0.15, -0.1) is 0 Å². The molecule has 9 heteroatoms. The molecule has 0 radical (unpaired) electrons. The van der Waals surface area contributed by atoms with Crippen LogP contribution in [0.5, 0.6) is 0 Å². The van der Waals surface area contributed by atoms with Crippen LogP contribution >= 0.6 is 0 Å². The predicted octanol–water partition coefficient (Wildman–Crippen LogP) is 4.37. The molecule has 5 aromatic rings. The van der Waals surface area contributed by atoms with Crippen molar-refractivity contribution < 1.29 is 4.79 Å². The third-order valence-electron chi connectivity index (χ3n) is 7.39. The number of benzene rings is 1. The van der Waals surface area contributed by atoms with Gasteiger partial charge in [-0.2, -0.15) is 0 Å². The number of para-hydroxylation sites is 2. The molecule has 2 aliphatic heterocycles. The molecule has 2 N–H and O–H groups in total. The van der Waals surface area contributed by atoms with Crippen molar-refractivity contribution in [2.24, 2.45) is 11.8 Å². The number of carbonyl (C=O) groups is 1. The quantitative estimate of drug-likeness (QED) is 0.368. The first kappa shape index (κ1) is 22.4. The Hall–Kier alpha value is -4.79. The van der Waals surface area contributed by atoms with Gasteiger partial charge in [0.15, 0.2) is 5.82 Å². The van der Waals surface area contributed by atoms with Crippen molar-refractivity contribution in [2.45, 2.75) is 0 Å². The summed E-state index contributed by atoms with van der Waals surface area (Å²) in [6.45, 7) is 3.25. The number of hydrogen-bond acceptors (Lipinski definition) is 7. The summed E-state index contributed by atoms with van der Waals surface area (Å²) in [4.78, 5) is 39.3. The van der Waals surface area contributed by atoms with Crippen molar-refractivity contribution in [3.63, 3.8) is 0 Å². The van der Waals surface area contributed by atoms with E-state index in [4.69, 9.17) is 9.97 Å². The molecule has 9 nitrogen and oxygen atoms in total. The van der Waals surface area contributed by atoms with E-state index in [2.05, 4.69) is 31.2 Å². The van der Waals surface area contributed by atoms with Crippen molar-refractivity contribution in [3.8, 4) is 11.5 Å². The number of hydrogen-bond donors (Lipinski definition) is 2. The normalized spacial score (nSPS) is 18.6. The fourth-order valence-corrected chi connectivity index (χ4v) is 5.53. The molecule has 38 heavy (non-hydrogen) atoms. The Morgan fingerprint density at radius 1 is 0.816 bits per heavy atom. The molecule has 0 spiro atoms. The Morgan fingerprint density at radius 3 is 2.45 bits per heavy atom. The third kappa shape index (κ3) is 4.21. The summed E-state index contributed by atoms with van der Waals surface area (Å²) in [5.74, 6) is 3.91. The molecule has 0 aliphatic carbocycles. The van der Waals surface area contributed by atoms with Gasteiger partial charge in [0.05, 0.1) is 11.0 Å². The van der Waals surface area contributed by atoms with Crippen LogP contribution in [0.25, 0.3) is 22.6 Å². The highest BCUT2D eigenvalue weighted by atomic mass is 16.2. The molecule has 7 rings (SSSR count). The molecule has 2 saturated heterocycles. The monoisotopic (exact) mass is 502 g/mol. The van der Waals surface area contributed by atoms with Crippen LogP contribution in [0.1, 0.15) is 10.4 Å². The molecule has 6 heterocycles. The van der Waals surface area contributed by atoms with Crippen molar-refractivity contribution in [3.05, 3.63) is 90.8 Å². The van der Waals surface area contributed by atoms with E-state index < -0.39 is 0 Å². The van der Waals surface area contributed by atoms with Crippen LogP contribution in [0.15, 0.2) is 85.2 Å². The lowest BCUT2D eigenvalue weighted by atomic mass is 10.0. The molecule has 1 amide bonds. The van der Waals surface area contributed by atoms with Crippen LogP contribution in [0, 0.1) is 11.8 Å². The van der Waals surface area contributed by atoms with E-state index in [0.29, 0.717) is 29.0 Å². The van der Waals surface area contributed by atoms with Crippen LogP contribution < -0.4 is 10.2 Å². The summed E-state index contributed by atoms with van der Waals surface area (Å²) in [5, 5.41) is 3.16. The highest BCUT2D eigenvalue weighted by molar-refractivity contribution is 5.95. The topological polar surface area (TPSA) is 103 Å². The fourth-order valence-electron chi connectivity index (χ4n) is 5.53. The second kappa shape index (κ2) is 9.26. The maximum absolute atomic E-state index is 13.3. The number of amides is 1. The van der Waals surface area contributed by atoms with Gasteiger partial charge >= 0.3 is 0 Å². The molecular formula is C29H26N8O. The summed E-state index contributed by atoms with van der Waals surface area (Å²) in [6.07, 6.45) is 3.38. The first-order valence-electron chi connectivity index (χ1n) is 12.8. The van der Waals surface area contributed by atoms with Crippen LogP contribution in [-0.2, 0) is 0 Å². The number of H-pyrrole nitrogens is 1. The molecule has 4 aromatic heterocycles. The highest BCUT2D eigenvalue weighted by Gasteiger charge is 2.42. The van der Waals surface area contributed by atoms with Crippen molar-refractivity contribution >= 4 is 34.4 Å². The van der Waals surface area contributed by atoms with Gasteiger partial charge in [-0.1, -0.05) is 24.3 Å². The maximum Gasteiger partial charge on any atom is 0.254 e. The van der Waals surface area contributed by atoms with Crippen LogP contribution in [0.4, 0.5) is 17.5 Å². The van der Waals surface area contributed by atoms with Crippen molar-refractivity contribution in [2.75, 3.05) is 36.4 Å². The zero-order valence-corrected chi connectivity index (χ0v) is 20.7. The molecule has 2 atom stereocenters. The maximum atomic E-state index is 13.3. The molecule has 0 saturated carbocycles. The second-order valence-corrected chi connectivity index (χ2v) is 9.89. The average molecular weight is 503 g/mol. The van der Waals surface area contributed by atoms with Gasteiger partial charge in [-0.25, -0.2) is 19.9 Å². The average Bonchev–Trinajstić information content (AvgIpc) is 3.67. The molecular weight excluding hydrogens is 476 g/mol. The Morgan fingerprint density at radius 2 is 1.63 bits per heavy atom. The summed E-state index contributed by atoms with van der Waals surface area (Å²) < 4.78 is 0. The number of nitrogens with zero attached hydrogens (tertiary/aromatic N) is 6. The fraction of sp³-hybridized carbons (Fsp3) is 0.207. The van der Waals surface area contributed by atoms with Gasteiger partial charge in [-0.3, -0.25) is 4.79 Å². The standard InChI is InChI=1S/C29H26N8O/c38-29(19-11-13-31-26(14-19)35-25-9-3-4-12-30-25)37-17-20-15-36(16-21(20)18-37)27-10-5-8-24(32-27)28-33-22-6-1-2-7-23(22)34-28/h1-14,20-21H,15-18H2,(H,33,34)(H,30,31,35). The number of aromatic amines is 1.